The molecule has 2 aromatic heterocycles. The third kappa shape index (κ3) is 4.38. The summed E-state index contributed by atoms with van der Waals surface area (Å²) in [4.78, 5) is 0. The molecule has 0 spiro atoms. The average molecular weight is 636 g/mol. The predicted octanol–water partition coefficient (Wildman–Crippen LogP) is 10.8. The maximum absolute atomic E-state index is 10.00. The van der Waals surface area contributed by atoms with Crippen LogP contribution in [0.1, 0.15) is 16.7 Å². The zero-order chi connectivity index (χ0) is 33.8. The van der Waals surface area contributed by atoms with Crippen LogP contribution in [0.5, 0.6) is 0 Å². The van der Waals surface area contributed by atoms with Gasteiger partial charge in [0.2, 0.25) is 0 Å². The van der Waals surface area contributed by atoms with E-state index in [1.165, 1.54) is 0 Å². The lowest BCUT2D eigenvalue weighted by Crippen LogP contribution is -1.99. The summed E-state index contributed by atoms with van der Waals surface area (Å²) in [6.07, 6.45) is 0. The summed E-state index contributed by atoms with van der Waals surface area (Å²) in [6.45, 7) is 0. The minimum Gasteiger partial charge on any atom is -0.309 e. The van der Waals surface area contributed by atoms with Gasteiger partial charge in [0.05, 0.1) is 62.7 Å². The van der Waals surface area contributed by atoms with E-state index in [2.05, 4.69) is 94.1 Å². The number of benzene rings is 7. The van der Waals surface area contributed by atoms with Crippen LogP contribution in [0.4, 0.5) is 0 Å². The number of nitrogens with zero attached hydrogens (tertiary/aromatic N) is 5. The number of aromatic nitrogens is 2. The molecule has 0 saturated heterocycles. The fraction of sp³-hybridized carbons (Fsp3) is 0. The number of para-hydroxylation sites is 2. The number of nitriles is 3. The highest BCUT2D eigenvalue weighted by Crippen LogP contribution is 2.41. The fourth-order valence-electron chi connectivity index (χ4n) is 7.40. The molecule has 0 atom stereocenters. The topological polar surface area (TPSA) is 81.2 Å². The van der Waals surface area contributed by atoms with E-state index >= 15 is 0 Å². The maximum atomic E-state index is 10.00. The van der Waals surface area contributed by atoms with Crippen molar-refractivity contribution in [3.05, 3.63) is 168 Å². The summed E-state index contributed by atoms with van der Waals surface area (Å²) in [5, 5.41) is 33.4. The van der Waals surface area contributed by atoms with Crippen molar-refractivity contribution in [2.75, 3.05) is 0 Å². The van der Waals surface area contributed by atoms with Crippen molar-refractivity contribution in [3.63, 3.8) is 0 Å². The molecular formula is C45H25N5. The summed E-state index contributed by atoms with van der Waals surface area (Å²) in [5.74, 6) is 0. The molecule has 0 unspecified atom stereocenters. The monoisotopic (exact) mass is 635 g/mol. The van der Waals surface area contributed by atoms with Crippen LogP contribution in [-0.2, 0) is 0 Å². The maximum Gasteiger partial charge on any atom is 0.0992 e. The van der Waals surface area contributed by atoms with E-state index in [0.717, 1.165) is 77.2 Å². The van der Waals surface area contributed by atoms with Gasteiger partial charge in [-0.05, 0) is 89.5 Å². The Morgan fingerprint density at radius 2 is 0.840 bits per heavy atom. The lowest BCUT2D eigenvalue weighted by molar-refractivity contribution is 1.18. The molecule has 0 aliphatic carbocycles. The zero-order valence-corrected chi connectivity index (χ0v) is 26.7. The van der Waals surface area contributed by atoms with E-state index in [1.807, 2.05) is 84.9 Å². The Hall–Kier alpha value is -7.39. The van der Waals surface area contributed by atoms with Crippen molar-refractivity contribution in [2.24, 2.45) is 0 Å². The molecule has 7 aromatic carbocycles. The molecule has 230 valence electrons. The van der Waals surface area contributed by atoms with Gasteiger partial charge in [0.15, 0.2) is 0 Å². The third-order valence-electron chi connectivity index (χ3n) is 9.62. The smallest absolute Gasteiger partial charge is 0.0992 e. The molecule has 9 aromatic rings. The number of hydrogen-bond donors (Lipinski definition) is 0. The third-order valence-corrected chi connectivity index (χ3v) is 9.62. The standard InChI is InChI=1S/C45H25N5/c46-26-29-14-21-43-39(23-29)36-9-3-5-11-41(36)49(43)33-18-16-32(17-19-33)34-7-1-2-8-35(34)38-20-13-31(28-48)25-45(38)50-42-12-6-4-10-37(42)40-24-30(27-47)15-22-44(40)50/h1-25H. The second-order valence-electron chi connectivity index (χ2n) is 12.3. The van der Waals surface area contributed by atoms with Gasteiger partial charge in [-0.1, -0.05) is 78.9 Å². The lowest BCUT2D eigenvalue weighted by Gasteiger charge is -2.18. The van der Waals surface area contributed by atoms with Gasteiger partial charge in [0.1, 0.15) is 0 Å². The van der Waals surface area contributed by atoms with Crippen molar-refractivity contribution >= 4 is 43.6 Å². The van der Waals surface area contributed by atoms with Gasteiger partial charge in [-0.3, -0.25) is 0 Å². The van der Waals surface area contributed by atoms with Crippen molar-refractivity contribution in [1.82, 2.24) is 9.13 Å². The SMILES string of the molecule is N#Cc1ccc(-c2ccccc2-c2ccc(-n3c4ccccc4c4cc(C#N)ccc43)cc2)c(-n2c3ccccc3c3cc(C#N)ccc32)c1. The van der Waals surface area contributed by atoms with Gasteiger partial charge in [0, 0.05) is 32.8 Å². The van der Waals surface area contributed by atoms with Crippen LogP contribution in [0, 0.1) is 34.0 Å². The first-order valence-corrected chi connectivity index (χ1v) is 16.3. The second kappa shape index (κ2) is 11.4. The lowest BCUT2D eigenvalue weighted by atomic mass is 9.92. The second-order valence-corrected chi connectivity index (χ2v) is 12.3. The number of rotatable bonds is 4. The summed E-state index contributed by atoms with van der Waals surface area (Å²) in [6, 6.07) is 57.9. The Balaban J connectivity index is 1.22. The van der Waals surface area contributed by atoms with E-state index in [-0.39, 0.29) is 0 Å². The van der Waals surface area contributed by atoms with Gasteiger partial charge in [0.25, 0.3) is 0 Å². The first-order valence-electron chi connectivity index (χ1n) is 16.3. The van der Waals surface area contributed by atoms with Crippen molar-refractivity contribution < 1.29 is 0 Å². The molecule has 2 heterocycles. The predicted molar refractivity (Wildman–Crippen MR) is 200 cm³/mol. The molecule has 0 radical (unpaired) electrons. The molecule has 0 aliphatic rings. The molecule has 0 N–H and O–H groups in total. The largest absolute Gasteiger partial charge is 0.309 e. The molecule has 0 amide bonds. The van der Waals surface area contributed by atoms with Crippen molar-refractivity contribution in [1.29, 1.82) is 15.8 Å². The van der Waals surface area contributed by atoms with Crippen LogP contribution in [-0.4, -0.2) is 9.13 Å². The van der Waals surface area contributed by atoms with Crippen LogP contribution < -0.4 is 0 Å². The number of fused-ring (bicyclic) bond motifs is 6. The molecule has 0 fully saturated rings. The molecule has 5 heteroatoms. The van der Waals surface area contributed by atoms with E-state index in [4.69, 9.17) is 0 Å². The highest BCUT2D eigenvalue weighted by atomic mass is 15.0. The highest BCUT2D eigenvalue weighted by Gasteiger charge is 2.19. The van der Waals surface area contributed by atoms with E-state index in [9.17, 15) is 15.8 Å². The Morgan fingerprint density at radius 1 is 0.360 bits per heavy atom. The first-order chi connectivity index (χ1) is 24.7. The van der Waals surface area contributed by atoms with Gasteiger partial charge >= 0.3 is 0 Å². The first kappa shape index (κ1) is 28.8. The van der Waals surface area contributed by atoms with Gasteiger partial charge in [-0.25, -0.2) is 0 Å². The summed E-state index contributed by atoms with van der Waals surface area (Å²) in [5.41, 5.74) is 12.0. The summed E-state index contributed by atoms with van der Waals surface area (Å²) >= 11 is 0. The summed E-state index contributed by atoms with van der Waals surface area (Å²) in [7, 11) is 0. The Bertz CT molecular complexity index is 2960. The highest BCUT2D eigenvalue weighted by molar-refractivity contribution is 6.11. The van der Waals surface area contributed by atoms with Crippen LogP contribution in [0.25, 0.3) is 77.2 Å². The van der Waals surface area contributed by atoms with E-state index < -0.39 is 0 Å². The minimum absolute atomic E-state index is 0.568. The molecule has 9 rings (SSSR count). The van der Waals surface area contributed by atoms with Crippen LogP contribution in [0.15, 0.2) is 152 Å². The molecule has 0 saturated carbocycles. The normalized spacial score (nSPS) is 11.1. The summed E-state index contributed by atoms with van der Waals surface area (Å²) < 4.78 is 4.46. The van der Waals surface area contributed by atoms with Crippen LogP contribution >= 0.6 is 0 Å². The number of hydrogen-bond acceptors (Lipinski definition) is 3. The minimum atomic E-state index is 0.568. The van der Waals surface area contributed by atoms with Gasteiger partial charge in [-0.2, -0.15) is 15.8 Å². The van der Waals surface area contributed by atoms with E-state index in [0.29, 0.717) is 16.7 Å². The van der Waals surface area contributed by atoms with Crippen LogP contribution in [0.2, 0.25) is 0 Å². The van der Waals surface area contributed by atoms with Crippen LogP contribution in [0.3, 0.4) is 0 Å². The quantitative estimate of drug-likeness (QED) is 0.193. The van der Waals surface area contributed by atoms with Crippen molar-refractivity contribution in [2.45, 2.75) is 0 Å². The van der Waals surface area contributed by atoms with Gasteiger partial charge in [-0.15, -0.1) is 0 Å². The fourth-order valence-corrected chi connectivity index (χ4v) is 7.40. The van der Waals surface area contributed by atoms with E-state index in [1.54, 1.807) is 0 Å². The molecule has 5 nitrogen and oxygen atoms in total. The van der Waals surface area contributed by atoms with Crippen molar-refractivity contribution in [3.8, 4) is 51.8 Å². The molecular weight excluding hydrogens is 611 g/mol. The average Bonchev–Trinajstić information content (AvgIpc) is 3.69. The Labute approximate surface area is 287 Å². The molecule has 0 aliphatic heterocycles. The Kier molecular flexibility index (Phi) is 6.56. The Morgan fingerprint density at radius 3 is 1.46 bits per heavy atom. The van der Waals surface area contributed by atoms with Gasteiger partial charge < -0.3 is 9.13 Å². The zero-order valence-electron chi connectivity index (χ0n) is 26.7. The molecule has 50 heavy (non-hydrogen) atoms. The molecule has 0 bridgehead atoms.